The van der Waals surface area contributed by atoms with Crippen molar-refractivity contribution < 1.29 is 12.8 Å². The van der Waals surface area contributed by atoms with Crippen molar-refractivity contribution in [2.45, 2.75) is 11.8 Å². The van der Waals surface area contributed by atoms with Crippen LogP contribution < -0.4 is 10.5 Å². The third-order valence-corrected chi connectivity index (χ3v) is 4.87. The van der Waals surface area contributed by atoms with Gasteiger partial charge in [-0.05, 0) is 12.1 Å². The van der Waals surface area contributed by atoms with Gasteiger partial charge in [0.05, 0.1) is 5.75 Å². The molecule has 0 aliphatic carbocycles. The maximum Gasteiger partial charge on any atom is 0.329 e. The van der Waals surface area contributed by atoms with Gasteiger partial charge in [0.25, 0.3) is 0 Å². The van der Waals surface area contributed by atoms with Crippen molar-refractivity contribution in [3.63, 3.8) is 0 Å². The number of para-hydroxylation sites is 1. The zero-order chi connectivity index (χ0) is 14.6. The minimum absolute atomic E-state index is 0.0760. The van der Waals surface area contributed by atoms with Gasteiger partial charge in [0.15, 0.2) is 0 Å². The van der Waals surface area contributed by atoms with Gasteiger partial charge >= 0.3 is 6.01 Å². The zero-order valence-corrected chi connectivity index (χ0v) is 12.4. The Labute approximate surface area is 121 Å². The van der Waals surface area contributed by atoms with Crippen molar-refractivity contribution >= 4 is 33.5 Å². The van der Waals surface area contributed by atoms with Crippen molar-refractivity contribution in [3.8, 4) is 0 Å². The quantitative estimate of drug-likeness (QED) is 0.613. The molecule has 9 heteroatoms. The number of aromatic nitrogens is 2. The minimum atomic E-state index is -3.51. The van der Waals surface area contributed by atoms with Crippen molar-refractivity contribution in [2.75, 3.05) is 22.0 Å². The molecule has 0 unspecified atom stereocenters. The Hall–Kier alpha value is -1.74. The van der Waals surface area contributed by atoms with Crippen LogP contribution in [0.4, 0.5) is 11.7 Å². The van der Waals surface area contributed by atoms with E-state index >= 15 is 0 Å². The van der Waals surface area contributed by atoms with E-state index in [0.29, 0.717) is 17.3 Å². The van der Waals surface area contributed by atoms with Crippen molar-refractivity contribution in [2.24, 2.45) is 0 Å². The number of aryl methyl sites for hydroxylation is 1. The van der Waals surface area contributed by atoms with E-state index in [2.05, 4.69) is 14.9 Å². The summed E-state index contributed by atoms with van der Waals surface area (Å²) in [5.74, 6) is 0.596. The van der Waals surface area contributed by atoms with Crippen LogP contribution in [0.25, 0.3) is 0 Å². The summed E-state index contributed by atoms with van der Waals surface area (Å²) in [5.41, 5.74) is 6.41. The van der Waals surface area contributed by atoms with Gasteiger partial charge in [-0.2, -0.15) is 0 Å². The number of thioether (sulfide) groups is 1. The van der Waals surface area contributed by atoms with Crippen LogP contribution in [0.15, 0.2) is 33.6 Å². The average Bonchev–Trinajstić information content (AvgIpc) is 2.76. The number of hydrogen-bond acceptors (Lipinski definition) is 7. The number of nitrogens with two attached hydrogens (primary N) is 1. The molecule has 0 saturated heterocycles. The number of anilines is 2. The lowest BCUT2D eigenvalue weighted by molar-refractivity contribution is 0.534. The molecular weight excluding hydrogens is 300 g/mol. The number of benzene rings is 1. The Kier molecular flexibility index (Phi) is 4.50. The van der Waals surface area contributed by atoms with Gasteiger partial charge in [-0.25, -0.2) is 13.1 Å². The van der Waals surface area contributed by atoms with Crippen molar-refractivity contribution in [1.29, 1.82) is 0 Å². The highest BCUT2D eigenvalue weighted by atomic mass is 32.2. The SMILES string of the molecule is Cc1nnc(NS(=O)(=O)CCSc2ccccc2N)o1. The van der Waals surface area contributed by atoms with E-state index in [1.54, 1.807) is 13.0 Å². The van der Waals surface area contributed by atoms with E-state index in [4.69, 9.17) is 10.2 Å². The molecular formula is C11H14N4O3S2. The van der Waals surface area contributed by atoms with Crippen LogP contribution in [0.2, 0.25) is 0 Å². The standard InChI is InChI=1S/C11H14N4O3S2/c1-8-13-14-11(18-8)15-20(16,17)7-6-19-10-5-3-2-4-9(10)12/h2-5H,6-7,12H2,1H3,(H,14,15). The van der Waals surface area contributed by atoms with Gasteiger partial charge in [0.1, 0.15) is 0 Å². The Morgan fingerprint density at radius 1 is 1.35 bits per heavy atom. The van der Waals surface area contributed by atoms with Crippen LogP contribution >= 0.6 is 11.8 Å². The van der Waals surface area contributed by atoms with Gasteiger partial charge in [0.2, 0.25) is 15.9 Å². The molecule has 0 aliphatic rings. The lowest BCUT2D eigenvalue weighted by Crippen LogP contribution is -2.18. The first-order valence-corrected chi connectivity index (χ1v) is 8.38. The summed E-state index contributed by atoms with van der Waals surface area (Å²) >= 11 is 1.38. The topological polar surface area (TPSA) is 111 Å². The zero-order valence-electron chi connectivity index (χ0n) is 10.7. The summed E-state index contributed by atoms with van der Waals surface area (Å²) < 4.78 is 30.8. The average molecular weight is 314 g/mol. The van der Waals surface area contributed by atoms with E-state index in [1.165, 1.54) is 11.8 Å². The van der Waals surface area contributed by atoms with Gasteiger partial charge in [-0.15, -0.1) is 16.9 Å². The molecule has 1 aromatic carbocycles. The number of sulfonamides is 1. The summed E-state index contributed by atoms with van der Waals surface area (Å²) in [6, 6.07) is 7.19. The maximum atomic E-state index is 11.8. The van der Waals surface area contributed by atoms with E-state index < -0.39 is 10.0 Å². The Balaban J connectivity index is 1.88. The number of nitrogens with zero attached hydrogens (tertiary/aromatic N) is 2. The van der Waals surface area contributed by atoms with Crippen LogP contribution in [-0.2, 0) is 10.0 Å². The van der Waals surface area contributed by atoms with Gasteiger partial charge in [-0.1, -0.05) is 17.2 Å². The third-order valence-electron chi connectivity index (χ3n) is 2.30. The molecule has 0 aliphatic heterocycles. The van der Waals surface area contributed by atoms with Crippen LogP contribution in [-0.4, -0.2) is 30.1 Å². The van der Waals surface area contributed by atoms with Crippen LogP contribution in [0.5, 0.6) is 0 Å². The second-order valence-electron chi connectivity index (χ2n) is 3.93. The van der Waals surface area contributed by atoms with Crippen LogP contribution in [0.3, 0.4) is 0 Å². The highest BCUT2D eigenvalue weighted by Gasteiger charge is 2.14. The smallest absolute Gasteiger partial charge is 0.329 e. The van der Waals surface area contributed by atoms with E-state index in [-0.39, 0.29) is 11.8 Å². The molecule has 0 amide bonds. The van der Waals surface area contributed by atoms with Gasteiger partial charge in [0, 0.05) is 23.3 Å². The molecule has 0 atom stereocenters. The fourth-order valence-electron chi connectivity index (χ4n) is 1.40. The normalized spacial score (nSPS) is 11.4. The number of rotatable bonds is 6. The van der Waals surface area contributed by atoms with Crippen LogP contribution in [0, 0.1) is 6.92 Å². The highest BCUT2D eigenvalue weighted by molar-refractivity contribution is 8.01. The molecule has 2 aromatic rings. The summed E-state index contributed by atoms with van der Waals surface area (Å²) in [7, 11) is -3.51. The molecule has 1 heterocycles. The van der Waals surface area contributed by atoms with Crippen molar-refractivity contribution in [1.82, 2.24) is 10.2 Å². The lowest BCUT2D eigenvalue weighted by Gasteiger charge is -2.06. The highest BCUT2D eigenvalue weighted by Crippen LogP contribution is 2.24. The fourth-order valence-corrected chi connectivity index (χ4v) is 3.69. The molecule has 2 rings (SSSR count). The Morgan fingerprint density at radius 3 is 2.75 bits per heavy atom. The molecule has 20 heavy (non-hydrogen) atoms. The summed E-state index contributed by atoms with van der Waals surface area (Å²) in [6.45, 7) is 1.58. The first kappa shape index (κ1) is 14.7. The second kappa shape index (κ2) is 6.14. The maximum absolute atomic E-state index is 11.8. The predicted octanol–water partition coefficient (Wildman–Crippen LogP) is 1.49. The predicted molar refractivity (Wildman–Crippen MR) is 78.0 cm³/mol. The molecule has 3 N–H and O–H groups in total. The summed E-state index contributed by atoms with van der Waals surface area (Å²) in [6.07, 6.45) is 0. The first-order chi connectivity index (χ1) is 9.46. The van der Waals surface area contributed by atoms with Gasteiger partial charge < -0.3 is 10.2 Å². The summed E-state index contributed by atoms with van der Waals surface area (Å²) in [5, 5.41) is 7.12. The molecule has 0 bridgehead atoms. The summed E-state index contributed by atoms with van der Waals surface area (Å²) in [4.78, 5) is 0.858. The third kappa shape index (κ3) is 4.14. The second-order valence-corrected chi connectivity index (χ2v) is 6.91. The first-order valence-electron chi connectivity index (χ1n) is 5.74. The largest absolute Gasteiger partial charge is 0.408 e. The molecule has 1 aromatic heterocycles. The number of nitrogen functional groups attached to an aromatic ring is 1. The van der Waals surface area contributed by atoms with Crippen LogP contribution in [0.1, 0.15) is 5.89 Å². The lowest BCUT2D eigenvalue weighted by atomic mass is 10.3. The monoisotopic (exact) mass is 314 g/mol. The molecule has 0 saturated carbocycles. The minimum Gasteiger partial charge on any atom is -0.408 e. The molecule has 108 valence electrons. The van der Waals surface area contributed by atoms with E-state index in [0.717, 1.165) is 4.90 Å². The number of hydrogen-bond donors (Lipinski definition) is 2. The molecule has 0 spiro atoms. The number of nitrogens with one attached hydrogen (secondary N) is 1. The van der Waals surface area contributed by atoms with Crippen molar-refractivity contribution in [3.05, 3.63) is 30.2 Å². The molecule has 0 radical (unpaired) electrons. The molecule has 7 nitrogen and oxygen atoms in total. The van der Waals surface area contributed by atoms with E-state index in [9.17, 15) is 8.42 Å². The Morgan fingerprint density at radius 2 is 2.10 bits per heavy atom. The Bertz CT molecular complexity index is 684. The van der Waals surface area contributed by atoms with E-state index in [1.807, 2.05) is 18.2 Å². The van der Waals surface area contributed by atoms with Gasteiger partial charge in [-0.3, -0.25) is 0 Å². The fraction of sp³-hybridized carbons (Fsp3) is 0.273. The molecule has 0 fully saturated rings.